The van der Waals surface area contributed by atoms with Crippen molar-refractivity contribution in [2.75, 3.05) is 10.7 Å². The number of nitrogens with two attached hydrogens (primary N) is 1. The van der Waals surface area contributed by atoms with Crippen LogP contribution in [0.1, 0.15) is 10.4 Å². The van der Waals surface area contributed by atoms with E-state index in [0.29, 0.717) is 17.2 Å². The van der Waals surface area contributed by atoms with Crippen molar-refractivity contribution < 1.29 is 4.79 Å². The van der Waals surface area contributed by atoms with E-state index < -0.39 is 0 Å². The Morgan fingerprint density at radius 2 is 2.11 bits per heavy atom. The molecule has 0 unspecified atom stereocenters. The molecule has 1 amide bonds. The SMILES string of the molecule is NNc1cc(C(=O)Nc2cnccn2)cc(Cl)n1. The lowest BCUT2D eigenvalue weighted by molar-refractivity contribution is 0.102. The van der Waals surface area contributed by atoms with Crippen molar-refractivity contribution in [2.24, 2.45) is 5.84 Å². The van der Waals surface area contributed by atoms with Crippen LogP contribution in [0, 0.1) is 0 Å². The van der Waals surface area contributed by atoms with Crippen molar-refractivity contribution in [3.05, 3.63) is 41.4 Å². The molecule has 0 radical (unpaired) electrons. The molecule has 0 aliphatic heterocycles. The number of pyridine rings is 1. The minimum atomic E-state index is -0.378. The fourth-order valence-corrected chi connectivity index (χ4v) is 1.46. The molecule has 0 aliphatic carbocycles. The van der Waals surface area contributed by atoms with E-state index in [0.717, 1.165) is 0 Å². The number of carbonyl (C=O) groups excluding carboxylic acids is 1. The lowest BCUT2D eigenvalue weighted by Gasteiger charge is -2.06. The van der Waals surface area contributed by atoms with Gasteiger partial charge in [0.2, 0.25) is 0 Å². The molecule has 0 aliphatic rings. The first-order chi connectivity index (χ1) is 8.69. The second kappa shape index (κ2) is 5.39. The molecule has 4 N–H and O–H groups in total. The van der Waals surface area contributed by atoms with Crippen LogP contribution in [0.25, 0.3) is 0 Å². The van der Waals surface area contributed by atoms with Gasteiger partial charge in [0.25, 0.3) is 5.91 Å². The van der Waals surface area contributed by atoms with Crippen LogP contribution in [0.15, 0.2) is 30.7 Å². The van der Waals surface area contributed by atoms with Gasteiger partial charge in [0, 0.05) is 18.0 Å². The molecule has 0 atom stereocenters. The van der Waals surface area contributed by atoms with Crippen molar-refractivity contribution in [3.8, 4) is 0 Å². The number of hydrazine groups is 1. The van der Waals surface area contributed by atoms with Gasteiger partial charge in [-0.1, -0.05) is 11.6 Å². The van der Waals surface area contributed by atoms with E-state index in [1.165, 1.54) is 30.7 Å². The van der Waals surface area contributed by atoms with Crippen LogP contribution >= 0.6 is 11.6 Å². The summed E-state index contributed by atoms with van der Waals surface area (Å²) in [5.41, 5.74) is 2.64. The minimum absolute atomic E-state index is 0.162. The molecule has 92 valence electrons. The summed E-state index contributed by atoms with van der Waals surface area (Å²) in [5, 5.41) is 2.73. The molecule has 0 saturated heterocycles. The number of aromatic nitrogens is 3. The highest BCUT2D eigenvalue weighted by Crippen LogP contribution is 2.14. The summed E-state index contributed by atoms with van der Waals surface area (Å²) in [4.78, 5) is 23.5. The molecule has 0 bridgehead atoms. The average Bonchev–Trinajstić information content (AvgIpc) is 2.39. The normalized spacial score (nSPS) is 9.89. The fraction of sp³-hybridized carbons (Fsp3) is 0. The van der Waals surface area contributed by atoms with Gasteiger partial charge in [-0.25, -0.2) is 15.8 Å². The number of halogens is 1. The molecule has 0 saturated carbocycles. The van der Waals surface area contributed by atoms with E-state index in [-0.39, 0.29) is 11.1 Å². The van der Waals surface area contributed by atoms with Gasteiger partial charge in [-0.15, -0.1) is 0 Å². The van der Waals surface area contributed by atoms with Crippen molar-refractivity contribution in [1.82, 2.24) is 15.0 Å². The smallest absolute Gasteiger partial charge is 0.257 e. The number of amides is 1. The van der Waals surface area contributed by atoms with Crippen LogP contribution in [-0.2, 0) is 0 Å². The molecule has 0 spiro atoms. The van der Waals surface area contributed by atoms with Crippen LogP contribution < -0.4 is 16.6 Å². The number of nitrogens with one attached hydrogen (secondary N) is 2. The largest absolute Gasteiger partial charge is 0.308 e. The first-order valence-electron chi connectivity index (χ1n) is 4.90. The van der Waals surface area contributed by atoms with E-state index in [4.69, 9.17) is 17.4 Å². The van der Waals surface area contributed by atoms with Crippen LogP contribution in [-0.4, -0.2) is 20.9 Å². The first-order valence-corrected chi connectivity index (χ1v) is 5.28. The zero-order chi connectivity index (χ0) is 13.0. The highest BCUT2D eigenvalue weighted by molar-refractivity contribution is 6.30. The van der Waals surface area contributed by atoms with Crippen molar-refractivity contribution in [2.45, 2.75) is 0 Å². The highest BCUT2D eigenvalue weighted by atomic mass is 35.5. The number of anilines is 2. The molecular weight excluding hydrogens is 256 g/mol. The molecule has 0 fully saturated rings. The third-order valence-corrected chi connectivity index (χ3v) is 2.20. The summed E-state index contributed by atoms with van der Waals surface area (Å²) in [6.45, 7) is 0. The molecule has 18 heavy (non-hydrogen) atoms. The predicted molar refractivity (Wildman–Crippen MR) is 67.0 cm³/mol. The molecule has 0 aromatic carbocycles. The van der Waals surface area contributed by atoms with E-state index in [1.807, 2.05) is 0 Å². The zero-order valence-electron chi connectivity index (χ0n) is 9.09. The highest BCUT2D eigenvalue weighted by Gasteiger charge is 2.09. The van der Waals surface area contributed by atoms with E-state index in [2.05, 4.69) is 25.7 Å². The molecule has 2 rings (SSSR count). The maximum atomic E-state index is 11.9. The lowest BCUT2D eigenvalue weighted by Crippen LogP contribution is -2.15. The monoisotopic (exact) mass is 264 g/mol. The summed E-state index contributed by atoms with van der Waals surface area (Å²) < 4.78 is 0. The quantitative estimate of drug-likeness (QED) is 0.435. The summed E-state index contributed by atoms with van der Waals surface area (Å²) in [6.07, 6.45) is 4.42. The maximum absolute atomic E-state index is 11.9. The minimum Gasteiger partial charge on any atom is -0.308 e. The number of rotatable bonds is 3. The maximum Gasteiger partial charge on any atom is 0.257 e. The predicted octanol–water partition coefficient (Wildman–Crippen LogP) is 1.06. The zero-order valence-corrected chi connectivity index (χ0v) is 9.85. The average molecular weight is 265 g/mol. The molecular formula is C10H9ClN6O. The van der Waals surface area contributed by atoms with Gasteiger partial charge in [-0.05, 0) is 12.1 Å². The Morgan fingerprint density at radius 1 is 1.28 bits per heavy atom. The fourth-order valence-electron chi connectivity index (χ4n) is 1.25. The summed E-state index contributed by atoms with van der Waals surface area (Å²) in [5.74, 6) is 5.48. The second-order valence-corrected chi connectivity index (χ2v) is 3.64. The first kappa shape index (κ1) is 12.2. The van der Waals surface area contributed by atoms with Gasteiger partial charge >= 0.3 is 0 Å². The Labute approximate surface area is 107 Å². The van der Waals surface area contributed by atoms with Crippen molar-refractivity contribution in [1.29, 1.82) is 0 Å². The third kappa shape index (κ3) is 2.90. The van der Waals surface area contributed by atoms with Gasteiger partial charge in [0.05, 0.1) is 6.20 Å². The van der Waals surface area contributed by atoms with Gasteiger partial charge in [-0.2, -0.15) is 0 Å². The van der Waals surface area contributed by atoms with Crippen molar-refractivity contribution in [3.63, 3.8) is 0 Å². The van der Waals surface area contributed by atoms with Crippen molar-refractivity contribution >= 4 is 29.1 Å². The Balaban J connectivity index is 2.21. The van der Waals surface area contributed by atoms with Gasteiger partial charge < -0.3 is 10.7 Å². The number of hydrogen-bond acceptors (Lipinski definition) is 6. The number of carbonyl (C=O) groups is 1. The van der Waals surface area contributed by atoms with Crippen LogP contribution in [0.3, 0.4) is 0 Å². The standard InChI is InChI=1S/C10H9ClN6O/c11-7-3-6(4-8(15-7)17-12)10(18)16-9-5-13-1-2-14-9/h1-5H,12H2,(H,15,17)(H,14,16,18). The van der Waals surface area contributed by atoms with Crippen LogP contribution in [0.2, 0.25) is 5.15 Å². The summed E-state index contributed by atoms with van der Waals surface area (Å²) in [7, 11) is 0. The second-order valence-electron chi connectivity index (χ2n) is 3.25. The molecule has 7 nitrogen and oxygen atoms in total. The molecule has 2 heterocycles. The molecule has 8 heteroatoms. The number of nitrogens with zero attached hydrogens (tertiary/aromatic N) is 3. The Hall–Kier alpha value is -2.25. The number of nitrogen functional groups attached to an aromatic ring is 1. The topological polar surface area (TPSA) is 106 Å². The van der Waals surface area contributed by atoms with Gasteiger partial charge in [0.1, 0.15) is 11.0 Å². The van der Waals surface area contributed by atoms with E-state index in [9.17, 15) is 4.79 Å². The summed E-state index contributed by atoms with van der Waals surface area (Å²) >= 11 is 5.76. The Morgan fingerprint density at radius 3 is 2.78 bits per heavy atom. The van der Waals surface area contributed by atoms with Crippen LogP contribution in [0.5, 0.6) is 0 Å². The van der Waals surface area contributed by atoms with Gasteiger partial charge in [0.15, 0.2) is 5.82 Å². The van der Waals surface area contributed by atoms with Gasteiger partial charge in [-0.3, -0.25) is 9.78 Å². The Bertz CT molecular complexity index is 562. The molecule has 2 aromatic rings. The third-order valence-electron chi connectivity index (χ3n) is 2.01. The lowest BCUT2D eigenvalue weighted by atomic mass is 10.2. The Kier molecular flexibility index (Phi) is 3.66. The summed E-state index contributed by atoms with van der Waals surface area (Å²) in [6, 6.07) is 2.89. The van der Waals surface area contributed by atoms with E-state index >= 15 is 0 Å². The number of hydrogen-bond donors (Lipinski definition) is 3. The molecule has 2 aromatic heterocycles. The van der Waals surface area contributed by atoms with Crippen LogP contribution in [0.4, 0.5) is 11.6 Å². The van der Waals surface area contributed by atoms with E-state index in [1.54, 1.807) is 0 Å².